The van der Waals surface area contributed by atoms with Gasteiger partial charge in [-0.05, 0) is 73.9 Å². The van der Waals surface area contributed by atoms with Gasteiger partial charge in [-0.2, -0.15) is 0 Å². The number of para-hydroxylation sites is 1. The Morgan fingerprint density at radius 3 is 2.48 bits per heavy atom. The van der Waals surface area contributed by atoms with E-state index >= 15 is 0 Å². The van der Waals surface area contributed by atoms with Gasteiger partial charge in [-0.25, -0.2) is 4.79 Å². The first-order valence-electron chi connectivity index (χ1n) is 12.5. The molecule has 5 heteroatoms. The van der Waals surface area contributed by atoms with E-state index in [9.17, 15) is 9.90 Å². The summed E-state index contributed by atoms with van der Waals surface area (Å²) in [5, 5.41) is 13.3. The molecular formula is C28H35N3O2. The molecule has 1 aliphatic carbocycles. The van der Waals surface area contributed by atoms with Crippen LogP contribution in [0.1, 0.15) is 55.6 Å². The fraction of sp³-hybridized carbons (Fsp3) is 0.464. The van der Waals surface area contributed by atoms with Crippen LogP contribution in [0.4, 0.5) is 10.5 Å². The summed E-state index contributed by atoms with van der Waals surface area (Å²) in [6, 6.07) is 19.0. The molecule has 2 aromatic carbocycles. The van der Waals surface area contributed by atoms with Crippen molar-refractivity contribution < 1.29 is 9.90 Å². The minimum absolute atomic E-state index is 0.0335. The monoisotopic (exact) mass is 445 g/mol. The second-order valence-electron chi connectivity index (χ2n) is 9.63. The lowest BCUT2D eigenvalue weighted by Crippen LogP contribution is -2.68. The highest BCUT2D eigenvalue weighted by molar-refractivity contribution is 5.89. The maximum atomic E-state index is 13.1. The van der Waals surface area contributed by atoms with Gasteiger partial charge in [-0.1, -0.05) is 48.5 Å². The number of anilines is 1. The second-order valence-corrected chi connectivity index (χ2v) is 9.63. The van der Waals surface area contributed by atoms with E-state index in [2.05, 4.69) is 40.6 Å². The molecule has 5 rings (SSSR count). The predicted octanol–water partition coefficient (Wildman–Crippen LogP) is 5.10. The quantitative estimate of drug-likeness (QED) is 0.688. The number of hydrogen-bond acceptors (Lipinski definition) is 3. The van der Waals surface area contributed by atoms with E-state index in [1.54, 1.807) is 0 Å². The Hall–Kier alpha value is -2.63. The van der Waals surface area contributed by atoms with Crippen LogP contribution in [0.2, 0.25) is 0 Å². The standard InChI is InChI=1S/C28H35N3O2/c32-20-26-27(23-15-13-22(14-16-23)21-9-3-1-4-10-21)25-19-30(17-7-8-18-31(25)26)28(33)29-24-11-5-2-6-12-24/h2,5-6,9,11-16,25-27,32H,1,3-4,7-8,10,17-20H2,(H,29,33)/t25-,26-,27+/m0/s1. The molecular weight excluding hydrogens is 410 g/mol. The lowest BCUT2D eigenvalue weighted by Gasteiger charge is -2.57. The van der Waals surface area contributed by atoms with Crippen molar-refractivity contribution >= 4 is 17.3 Å². The zero-order chi connectivity index (χ0) is 22.6. The first-order chi connectivity index (χ1) is 16.2. The smallest absolute Gasteiger partial charge is 0.321 e. The van der Waals surface area contributed by atoms with Gasteiger partial charge < -0.3 is 15.3 Å². The Bertz CT molecular complexity index is 972. The molecule has 5 nitrogen and oxygen atoms in total. The van der Waals surface area contributed by atoms with Gasteiger partial charge in [0.15, 0.2) is 0 Å². The molecule has 2 aromatic rings. The fourth-order valence-electron chi connectivity index (χ4n) is 5.87. The van der Waals surface area contributed by atoms with Crippen LogP contribution in [-0.4, -0.2) is 59.3 Å². The summed E-state index contributed by atoms with van der Waals surface area (Å²) in [5.41, 5.74) is 4.90. The van der Waals surface area contributed by atoms with E-state index in [0.717, 1.165) is 31.6 Å². The van der Waals surface area contributed by atoms with Crippen LogP contribution in [0.15, 0.2) is 60.7 Å². The number of hydrogen-bond donors (Lipinski definition) is 2. The molecule has 2 heterocycles. The summed E-state index contributed by atoms with van der Waals surface area (Å²) in [6.45, 7) is 2.61. The minimum Gasteiger partial charge on any atom is -0.395 e. The third kappa shape index (κ3) is 4.71. The average Bonchev–Trinajstić information content (AvgIpc) is 2.84. The number of allylic oxidation sites excluding steroid dienone is 2. The molecule has 33 heavy (non-hydrogen) atoms. The van der Waals surface area contributed by atoms with Gasteiger partial charge in [0.25, 0.3) is 0 Å². The topological polar surface area (TPSA) is 55.8 Å². The third-order valence-corrected chi connectivity index (χ3v) is 7.64. The number of rotatable bonds is 4. The first-order valence-corrected chi connectivity index (χ1v) is 12.5. The molecule has 0 spiro atoms. The van der Waals surface area contributed by atoms with Crippen LogP contribution in [-0.2, 0) is 0 Å². The Kier molecular flexibility index (Phi) is 6.79. The van der Waals surface area contributed by atoms with Crippen molar-refractivity contribution in [3.05, 3.63) is 71.8 Å². The summed E-state index contributed by atoms with van der Waals surface area (Å²) < 4.78 is 0. The number of urea groups is 1. The maximum Gasteiger partial charge on any atom is 0.321 e. The third-order valence-electron chi connectivity index (χ3n) is 7.64. The van der Waals surface area contributed by atoms with Crippen molar-refractivity contribution in [3.63, 3.8) is 0 Å². The number of amides is 2. The van der Waals surface area contributed by atoms with Gasteiger partial charge in [0.05, 0.1) is 6.61 Å². The van der Waals surface area contributed by atoms with Crippen LogP contribution >= 0.6 is 0 Å². The lowest BCUT2D eigenvalue weighted by atomic mass is 9.74. The average molecular weight is 446 g/mol. The van der Waals surface area contributed by atoms with Gasteiger partial charge in [0.1, 0.15) is 0 Å². The number of aliphatic hydroxyl groups is 1. The molecule has 2 saturated heterocycles. The highest BCUT2D eigenvalue weighted by Crippen LogP contribution is 2.42. The van der Waals surface area contributed by atoms with Crippen LogP contribution in [0, 0.1) is 0 Å². The van der Waals surface area contributed by atoms with Crippen molar-refractivity contribution in [1.82, 2.24) is 9.80 Å². The highest BCUT2D eigenvalue weighted by Gasteiger charge is 2.49. The van der Waals surface area contributed by atoms with E-state index in [-0.39, 0.29) is 30.6 Å². The predicted molar refractivity (Wildman–Crippen MR) is 133 cm³/mol. The molecule has 0 unspecified atom stereocenters. The molecule has 3 aliphatic rings. The number of aliphatic hydroxyl groups excluding tert-OH is 1. The molecule has 2 fully saturated rings. The lowest BCUT2D eigenvalue weighted by molar-refractivity contribution is -0.0585. The molecule has 2 N–H and O–H groups in total. The SMILES string of the molecule is O=C(Nc1ccccc1)N1CCCCN2[C@@H](CO)[C@H](c3ccc(C4=CCCCC4)cc3)[C@@H]2C1. The van der Waals surface area contributed by atoms with E-state index < -0.39 is 0 Å². The zero-order valence-corrected chi connectivity index (χ0v) is 19.3. The number of nitrogens with one attached hydrogen (secondary N) is 1. The van der Waals surface area contributed by atoms with Crippen molar-refractivity contribution in [3.8, 4) is 0 Å². The van der Waals surface area contributed by atoms with E-state index in [4.69, 9.17) is 0 Å². The number of carbonyl (C=O) groups excluding carboxylic acids is 1. The van der Waals surface area contributed by atoms with Crippen LogP contribution in [0.3, 0.4) is 0 Å². The molecule has 0 bridgehead atoms. The van der Waals surface area contributed by atoms with Crippen molar-refractivity contribution in [1.29, 1.82) is 0 Å². The van der Waals surface area contributed by atoms with Crippen molar-refractivity contribution in [2.75, 3.05) is 31.6 Å². The van der Waals surface area contributed by atoms with Crippen LogP contribution < -0.4 is 5.32 Å². The molecule has 3 atom stereocenters. The highest BCUT2D eigenvalue weighted by atomic mass is 16.3. The maximum absolute atomic E-state index is 13.1. The number of carbonyl (C=O) groups is 1. The van der Waals surface area contributed by atoms with Crippen molar-refractivity contribution in [2.24, 2.45) is 0 Å². The summed E-state index contributed by atoms with van der Waals surface area (Å²) in [6.07, 6.45) is 9.35. The van der Waals surface area contributed by atoms with Gasteiger partial charge in [0, 0.05) is 36.8 Å². The molecule has 2 aliphatic heterocycles. The first kappa shape index (κ1) is 22.2. The number of fused-ring (bicyclic) bond motifs is 1. The van der Waals surface area contributed by atoms with E-state index in [1.165, 1.54) is 42.4 Å². The van der Waals surface area contributed by atoms with E-state index in [1.807, 2.05) is 35.2 Å². The molecule has 174 valence electrons. The van der Waals surface area contributed by atoms with Gasteiger partial charge in [-0.15, -0.1) is 0 Å². The van der Waals surface area contributed by atoms with Crippen LogP contribution in [0.5, 0.6) is 0 Å². The van der Waals surface area contributed by atoms with Gasteiger partial charge >= 0.3 is 6.03 Å². The Labute approximate surface area is 197 Å². The summed E-state index contributed by atoms with van der Waals surface area (Å²) >= 11 is 0. The van der Waals surface area contributed by atoms with Crippen molar-refractivity contribution in [2.45, 2.75) is 56.5 Å². The molecule has 0 saturated carbocycles. The molecule has 0 radical (unpaired) electrons. The molecule has 0 aromatic heterocycles. The fourth-order valence-corrected chi connectivity index (χ4v) is 5.87. The Balaban J connectivity index is 1.33. The summed E-state index contributed by atoms with van der Waals surface area (Å²) in [5.74, 6) is 0.245. The number of nitrogens with zero attached hydrogens (tertiary/aromatic N) is 2. The zero-order valence-electron chi connectivity index (χ0n) is 19.3. The number of benzene rings is 2. The molecule has 2 amide bonds. The van der Waals surface area contributed by atoms with Crippen LogP contribution in [0.25, 0.3) is 5.57 Å². The van der Waals surface area contributed by atoms with Gasteiger partial charge in [-0.3, -0.25) is 4.90 Å². The van der Waals surface area contributed by atoms with Gasteiger partial charge in [0.2, 0.25) is 0 Å². The second kappa shape index (κ2) is 10.1. The summed E-state index contributed by atoms with van der Waals surface area (Å²) in [7, 11) is 0. The normalized spacial score (nSPS) is 25.8. The Morgan fingerprint density at radius 2 is 1.76 bits per heavy atom. The Morgan fingerprint density at radius 1 is 0.970 bits per heavy atom. The summed E-state index contributed by atoms with van der Waals surface area (Å²) in [4.78, 5) is 17.4. The largest absolute Gasteiger partial charge is 0.395 e. The van der Waals surface area contributed by atoms with E-state index in [0.29, 0.717) is 6.54 Å². The minimum atomic E-state index is -0.0335.